The summed E-state index contributed by atoms with van der Waals surface area (Å²) in [7, 11) is 0. The fourth-order valence-corrected chi connectivity index (χ4v) is 4.41. The predicted molar refractivity (Wildman–Crippen MR) is 114 cm³/mol. The highest BCUT2D eigenvalue weighted by atomic mass is 32.1. The Morgan fingerprint density at radius 2 is 1.40 bits per heavy atom. The van der Waals surface area contributed by atoms with Crippen LogP contribution in [0.25, 0.3) is 0 Å². The van der Waals surface area contributed by atoms with Gasteiger partial charge in [-0.1, -0.05) is 20.3 Å². The zero-order chi connectivity index (χ0) is 18.5. The molecule has 2 rings (SSSR count). The number of unbranched alkanes of at least 4 members (excludes halogenated alkanes) is 1. The van der Waals surface area contributed by atoms with Crippen molar-refractivity contribution in [2.45, 2.75) is 77.0 Å². The van der Waals surface area contributed by atoms with Gasteiger partial charge in [0.2, 0.25) is 0 Å². The van der Waals surface area contributed by atoms with E-state index in [1.54, 1.807) is 0 Å². The number of hydrogen-bond acceptors (Lipinski definition) is 4. The van der Waals surface area contributed by atoms with Crippen LogP contribution in [0.4, 0.5) is 0 Å². The van der Waals surface area contributed by atoms with Crippen LogP contribution in [0.15, 0.2) is 0 Å². The third-order valence-electron chi connectivity index (χ3n) is 6.06. The summed E-state index contributed by atoms with van der Waals surface area (Å²) in [4.78, 5) is 8.05. The van der Waals surface area contributed by atoms with Crippen molar-refractivity contribution in [3.05, 3.63) is 0 Å². The lowest BCUT2D eigenvalue weighted by Gasteiger charge is -2.43. The Bertz CT molecular complexity index is 370. The molecule has 148 valence electrons. The second kappa shape index (κ2) is 9.43. The van der Waals surface area contributed by atoms with Gasteiger partial charge >= 0.3 is 0 Å². The van der Waals surface area contributed by atoms with E-state index in [-0.39, 0.29) is 4.75 Å². The van der Waals surface area contributed by atoms with E-state index in [9.17, 15) is 0 Å². The number of piperazine rings is 1. The average molecular weight is 370 g/mol. The van der Waals surface area contributed by atoms with Gasteiger partial charge in [-0.2, -0.15) is 12.6 Å². The van der Waals surface area contributed by atoms with Crippen LogP contribution in [0.1, 0.15) is 66.7 Å². The van der Waals surface area contributed by atoms with Gasteiger partial charge in [-0.25, -0.2) is 0 Å². The fraction of sp³-hybridized carbons (Fsp3) is 1.00. The van der Waals surface area contributed by atoms with Crippen LogP contribution < -0.4 is 0 Å². The largest absolute Gasteiger partial charge is 0.303 e. The molecule has 0 aromatic rings. The standard InChI is InChI=1S/C21H43N3S/c1-20(2,3)24-16-14-23(15-17-24)18-19-8-12-22(13-9-19)11-7-6-10-21(4,5)25/h19,25H,6-18H2,1-5H3. The van der Waals surface area contributed by atoms with Gasteiger partial charge in [0, 0.05) is 43.0 Å². The van der Waals surface area contributed by atoms with Crippen molar-refractivity contribution in [2.24, 2.45) is 5.92 Å². The van der Waals surface area contributed by atoms with Crippen LogP contribution in [0.5, 0.6) is 0 Å². The molecule has 2 saturated heterocycles. The number of nitrogens with zero attached hydrogens (tertiary/aromatic N) is 3. The zero-order valence-corrected chi connectivity index (χ0v) is 18.5. The van der Waals surface area contributed by atoms with Gasteiger partial charge in [-0.3, -0.25) is 4.90 Å². The minimum atomic E-state index is 0.198. The first kappa shape index (κ1) is 21.5. The van der Waals surface area contributed by atoms with Crippen molar-refractivity contribution >= 4 is 12.6 Å². The molecule has 2 fully saturated rings. The van der Waals surface area contributed by atoms with E-state index in [2.05, 4.69) is 61.9 Å². The van der Waals surface area contributed by atoms with Gasteiger partial charge in [0.15, 0.2) is 0 Å². The first-order valence-electron chi connectivity index (χ1n) is 10.6. The van der Waals surface area contributed by atoms with Crippen molar-refractivity contribution in [3.8, 4) is 0 Å². The van der Waals surface area contributed by atoms with Crippen molar-refractivity contribution in [2.75, 3.05) is 52.4 Å². The molecule has 0 radical (unpaired) electrons. The molecule has 2 aliphatic rings. The number of piperidine rings is 1. The molecule has 4 heteroatoms. The Labute approximate surface area is 162 Å². The molecule has 25 heavy (non-hydrogen) atoms. The van der Waals surface area contributed by atoms with E-state index in [0.717, 1.165) is 5.92 Å². The maximum absolute atomic E-state index is 4.63. The number of likely N-dealkylation sites (tertiary alicyclic amines) is 1. The number of hydrogen-bond donors (Lipinski definition) is 1. The summed E-state index contributed by atoms with van der Waals surface area (Å²) < 4.78 is 0.198. The molecule has 0 unspecified atom stereocenters. The van der Waals surface area contributed by atoms with E-state index >= 15 is 0 Å². The zero-order valence-electron chi connectivity index (χ0n) is 17.6. The predicted octanol–water partition coefficient (Wildman–Crippen LogP) is 3.99. The van der Waals surface area contributed by atoms with Crippen molar-refractivity contribution in [3.63, 3.8) is 0 Å². The lowest BCUT2D eigenvalue weighted by Crippen LogP contribution is -2.54. The second-order valence-electron chi connectivity index (χ2n) is 10.0. The Kier molecular flexibility index (Phi) is 8.12. The first-order chi connectivity index (χ1) is 11.6. The van der Waals surface area contributed by atoms with Crippen LogP contribution in [0.2, 0.25) is 0 Å². The summed E-state index contributed by atoms with van der Waals surface area (Å²) >= 11 is 4.63. The molecule has 0 N–H and O–H groups in total. The number of thiol groups is 1. The van der Waals surface area contributed by atoms with Gasteiger partial charge in [0.05, 0.1) is 0 Å². The summed E-state index contributed by atoms with van der Waals surface area (Å²) in [5.74, 6) is 0.925. The Morgan fingerprint density at radius 1 is 0.800 bits per heavy atom. The molecule has 2 aliphatic heterocycles. The van der Waals surface area contributed by atoms with E-state index in [1.807, 2.05) is 0 Å². The smallest absolute Gasteiger partial charge is 0.0126 e. The molecule has 0 spiro atoms. The summed E-state index contributed by atoms with van der Waals surface area (Å²) in [6, 6.07) is 0. The highest BCUT2D eigenvalue weighted by molar-refractivity contribution is 7.81. The highest BCUT2D eigenvalue weighted by Crippen LogP contribution is 2.23. The van der Waals surface area contributed by atoms with Gasteiger partial charge in [0.25, 0.3) is 0 Å². The molecule has 0 saturated carbocycles. The lowest BCUT2D eigenvalue weighted by molar-refractivity contribution is 0.0478. The van der Waals surface area contributed by atoms with Gasteiger partial charge < -0.3 is 9.80 Å². The van der Waals surface area contributed by atoms with Crippen LogP contribution in [0, 0.1) is 5.92 Å². The first-order valence-corrected chi connectivity index (χ1v) is 11.0. The lowest BCUT2D eigenvalue weighted by atomic mass is 9.95. The van der Waals surface area contributed by atoms with Crippen LogP contribution in [-0.2, 0) is 0 Å². The van der Waals surface area contributed by atoms with E-state index in [0.29, 0.717) is 5.54 Å². The molecule has 0 aromatic carbocycles. The molecule has 0 bridgehead atoms. The van der Waals surface area contributed by atoms with E-state index < -0.39 is 0 Å². The highest BCUT2D eigenvalue weighted by Gasteiger charge is 2.27. The maximum atomic E-state index is 4.63. The number of rotatable bonds is 7. The van der Waals surface area contributed by atoms with E-state index in [4.69, 9.17) is 0 Å². The van der Waals surface area contributed by atoms with Gasteiger partial charge in [0.1, 0.15) is 0 Å². The minimum Gasteiger partial charge on any atom is -0.303 e. The van der Waals surface area contributed by atoms with Crippen LogP contribution in [0.3, 0.4) is 0 Å². The third kappa shape index (κ3) is 8.19. The fourth-order valence-electron chi connectivity index (χ4n) is 4.25. The van der Waals surface area contributed by atoms with Gasteiger partial charge in [-0.15, -0.1) is 0 Å². The maximum Gasteiger partial charge on any atom is 0.0126 e. The van der Waals surface area contributed by atoms with Crippen LogP contribution in [-0.4, -0.2) is 77.3 Å². The normalized spacial score (nSPS) is 23.3. The monoisotopic (exact) mass is 369 g/mol. The molecule has 0 amide bonds. The van der Waals surface area contributed by atoms with Crippen molar-refractivity contribution in [1.29, 1.82) is 0 Å². The summed E-state index contributed by atoms with van der Waals surface area (Å²) in [5.41, 5.74) is 0.333. The topological polar surface area (TPSA) is 9.72 Å². The molecule has 0 aliphatic carbocycles. The third-order valence-corrected chi connectivity index (χ3v) is 6.28. The van der Waals surface area contributed by atoms with Crippen molar-refractivity contribution in [1.82, 2.24) is 14.7 Å². The van der Waals surface area contributed by atoms with E-state index in [1.165, 1.54) is 84.5 Å². The Balaban J connectivity index is 1.57. The molecular formula is C21H43N3S. The summed E-state index contributed by atoms with van der Waals surface area (Å²) in [6.45, 7) is 21.7. The average Bonchev–Trinajstić information content (AvgIpc) is 2.52. The van der Waals surface area contributed by atoms with Crippen molar-refractivity contribution < 1.29 is 0 Å². The second-order valence-corrected chi connectivity index (χ2v) is 11.2. The Hall–Kier alpha value is 0.230. The quantitative estimate of drug-likeness (QED) is 0.537. The molecule has 0 aromatic heterocycles. The molecular weight excluding hydrogens is 326 g/mol. The molecule has 0 atom stereocenters. The minimum absolute atomic E-state index is 0.198. The van der Waals surface area contributed by atoms with Gasteiger partial charge in [-0.05, 0) is 72.0 Å². The SMILES string of the molecule is CC(C)(S)CCCCN1CCC(CN2CCN(C(C)(C)C)CC2)CC1. The molecule has 3 nitrogen and oxygen atoms in total. The summed E-state index contributed by atoms with van der Waals surface area (Å²) in [5, 5.41) is 0. The Morgan fingerprint density at radius 3 is 1.92 bits per heavy atom. The molecule has 2 heterocycles. The summed E-state index contributed by atoms with van der Waals surface area (Å²) in [6.07, 6.45) is 6.68. The van der Waals surface area contributed by atoms with Crippen LogP contribution >= 0.6 is 12.6 Å².